The molecular weight excluding hydrogens is 440 g/mol. The van der Waals surface area contributed by atoms with Crippen LogP contribution in [-0.2, 0) is 14.3 Å². The van der Waals surface area contributed by atoms with Crippen molar-refractivity contribution in [3.63, 3.8) is 0 Å². The fraction of sp³-hybridized carbons (Fsp3) is 0.867. The third kappa shape index (κ3) is 4.43. The van der Waals surface area contributed by atoms with E-state index in [0.717, 1.165) is 19.3 Å². The lowest BCUT2D eigenvalue weighted by atomic mass is 9.42. The molecule has 198 valence electrons. The fourth-order valence-corrected chi connectivity index (χ4v) is 9.00. The van der Waals surface area contributed by atoms with Gasteiger partial charge in [0.05, 0.1) is 12.7 Å². The smallest absolute Gasteiger partial charge is 0.302 e. The molecule has 5 nitrogen and oxygen atoms in total. The summed E-state index contributed by atoms with van der Waals surface area (Å²) in [7, 11) is 0. The number of fused-ring (bicyclic) bond motifs is 5. The van der Waals surface area contributed by atoms with Gasteiger partial charge < -0.3 is 14.9 Å². The van der Waals surface area contributed by atoms with E-state index in [2.05, 4.69) is 46.8 Å². The number of allylic oxidation sites excluding steroid dienone is 2. The molecular formula is C30H48O5. The molecule has 0 unspecified atom stereocenters. The van der Waals surface area contributed by atoms with Crippen molar-refractivity contribution in [3.05, 3.63) is 12.2 Å². The molecule has 0 aromatic heterocycles. The highest BCUT2D eigenvalue weighted by Gasteiger charge is 2.67. The second-order valence-electron chi connectivity index (χ2n) is 13.3. The van der Waals surface area contributed by atoms with E-state index >= 15 is 0 Å². The number of aliphatic hydroxyl groups is 2. The molecule has 0 bridgehead atoms. The number of carbonyl (C=O) groups is 2. The summed E-state index contributed by atoms with van der Waals surface area (Å²) in [6.45, 7) is 13.2. The molecule has 11 atom stereocenters. The van der Waals surface area contributed by atoms with Crippen LogP contribution in [0.25, 0.3) is 0 Å². The van der Waals surface area contributed by atoms with Gasteiger partial charge in [-0.3, -0.25) is 9.59 Å². The van der Waals surface area contributed by atoms with Crippen LogP contribution in [0.4, 0.5) is 0 Å². The Kier molecular flexibility index (Phi) is 7.36. The zero-order chi connectivity index (χ0) is 25.8. The quantitative estimate of drug-likeness (QED) is 0.390. The second-order valence-corrected chi connectivity index (χ2v) is 13.3. The van der Waals surface area contributed by atoms with E-state index in [9.17, 15) is 19.8 Å². The lowest BCUT2D eigenvalue weighted by Gasteiger charge is -2.63. The molecule has 5 heteroatoms. The number of Topliss-reactive ketones (excluding diaryl/α,β-unsaturated/α-hetero) is 1. The predicted molar refractivity (Wildman–Crippen MR) is 136 cm³/mol. The minimum absolute atomic E-state index is 0.0174. The second kappa shape index (κ2) is 9.59. The predicted octanol–water partition coefficient (Wildman–Crippen LogP) is 5.33. The summed E-state index contributed by atoms with van der Waals surface area (Å²) in [6, 6.07) is 0. The molecule has 4 rings (SSSR count). The Morgan fingerprint density at radius 3 is 2.49 bits per heavy atom. The van der Waals surface area contributed by atoms with Crippen LogP contribution in [0.3, 0.4) is 0 Å². The first kappa shape index (κ1) is 26.9. The highest BCUT2D eigenvalue weighted by molar-refractivity contribution is 5.89. The summed E-state index contributed by atoms with van der Waals surface area (Å²) in [5.41, 5.74) is -1.55. The standard InChI is InChI=1S/C30H48O5/c1-18(20(3)17-35-21(4)31)7-8-19(2)24-9-10-25-23-15-27(33)30(34)16-22(32)11-14-29(30,6)26(23)12-13-28(24,25)5/h7-8,18-20,22-26,32,34H,9-17H2,1-6H3/t18-,19-,20+,22+,23+,24-,25+,26+,28-,29-,30+/m1/s1. The maximum absolute atomic E-state index is 13.4. The van der Waals surface area contributed by atoms with Gasteiger partial charge in [-0.25, -0.2) is 0 Å². The number of rotatable bonds is 6. The largest absolute Gasteiger partial charge is 0.466 e. The van der Waals surface area contributed by atoms with Crippen molar-refractivity contribution in [1.29, 1.82) is 0 Å². The molecule has 0 radical (unpaired) electrons. The Bertz CT molecular complexity index is 852. The maximum atomic E-state index is 13.4. The van der Waals surface area contributed by atoms with Crippen molar-refractivity contribution in [2.45, 2.75) is 105 Å². The van der Waals surface area contributed by atoms with Crippen LogP contribution in [0.5, 0.6) is 0 Å². The average molecular weight is 489 g/mol. The van der Waals surface area contributed by atoms with E-state index in [4.69, 9.17) is 4.74 Å². The van der Waals surface area contributed by atoms with Crippen LogP contribution >= 0.6 is 0 Å². The van der Waals surface area contributed by atoms with Gasteiger partial charge in [0.1, 0.15) is 5.60 Å². The molecule has 0 aromatic carbocycles. The lowest BCUT2D eigenvalue weighted by molar-refractivity contribution is -0.213. The van der Waals surface area contributed by atoms with Gasteiger partial charge in [-0.2, -0.15) is 0 Å². The molecule has 0 spiro atoms. The topological polar surface area (TPSA) is 83.8 Å². The van der Waals surface area contributed by atoms with Gasteiger partial charge in [-0.15, -0.1) is 0 Å². The molecule has 0 aromatic rings. The van der Waals surface area contributed by atoms with Crippen molar-refractivity contribution in [2.24, 2.45) is 52.3 Å². The molecule has 0 heterocycles. The number of hydrogen-bond donors (Lipinski definition) is 2. The lowest BCUT2D eigenvalue weighted by Crippen LogP contribution is -2.67. The first-order valence-corrected chi connectivity index (χ1v) is 14.1. The van der Waals surface area contributed by atoms with Crippen LogP contribution in [0.2, 0.25) is 0 Å². The van der Waals surface area contributed by atoms with Gasteiger partial charge in [0, 0.05) is 25.2 Å². The van der Waals surface area contributed by atoms with Gasteiger partial charge in [-0.05, 0) is 85.4 Å². The summed E-state index contributed by atoms with van der Waals surface area (Å²) in [4.78, 5) is 24.5. The number of hydrogen-bond acceptors (Lipinski definition) is 5. The van der Waals surface area contributed by atoms with Crippen molar-refractivity contribution in [3.8, 4) is 0 Å². The van der Waals surface area contributed by atoms with E-state index < -0.39 is 17.1 Å². The minimum Gasteiger partial charge on any atom is -0.466 e. The molecule has 4 saturated carbocycles. The van der Waals surface area contributed by atoms with Crippen molar-refractivity contribution < 1.29 is 24.5 Å². The number of ether oxygens (including phenoxy) is 1. The van der Waals surface area contributed by atoms with Crippen LogP contribution in [0.1, 0.15) is 92.9 Å². The summed E-state index contributed by atoms with van der Waals surface area (Å²) in [6.07, 6.45) is 10.8. The van der Waals surface area contributed by atoms with Crippen LogP contribution in [-0.4, -0.2) is 40.3 Å². The maximum Gasteiger partial charge on any atom is 0.302 e. The van der Waals surface area contributed by atoms with Crippen LogP contribution in [0, 0.1) is 52.3 Å². The van der Waals surface area contributed by atoms with E-state index in [1.807, 2.05) is 0 Å². The number of aliphatic hydroxyl groups excluding tert-OH is 1. The summed E-state index contributed by atoms with van der Waals surface area (Å²) >= 11 is 0. The Morgan fingerprint density at radius 1 is 1.09 bits per heavy atom. The molecule has 0 amide bonds. The zero-order valence-corrected chi connectivity index (χ0v) is 22.8. The average Bonchev–Trinajstić information content (AvgIpc) is 3.15. The van der Waals surface area contributed by atoms with E-state index in [-0.39, 0.29) is 29.5 Å². The number of ketones is 1. The molecule has 0 saturated heterocycles. The van der Waals surface area contributed by atoms with Gasteiger partial charge >= 0.3 is 5.97 Å². The summed E-state index contributed by atoms with van der Waals surface area (Å²) in [5, 5.41) is 21.8. The van der Waals surface area contributed by atoms with Gasteiger partial charge in [0.2, 0.25) is 0 Å². The molecule has 35 heavy (non-hydrogen) atoms. The third-order valence-electron chi connectivity index (χ3n) is 11.5. The molecule has 4 aliphatic carbocycles. The molecule has 4 fully saturated rings. The molecule has 4 aliphatic rings. The normalized spacial score (nSPS) is 45.8. The summed E-state index contributed by atoms with van der Waals surface area (Å²) < 4.78 is 5.20. The Labute approximate surface area is 212 Å². The Hall–Kier alpha value is -1.20. The Balaban J connectivity index is 1.48. The van der Waals surface area contributed by atoms with Gasteiger partial charge in [0.15, 0.2) is 5.78 Å². The van der Waals surface area contributed by atoms with Crippen molar-refractivity contribution >= 4 is 11.8 Å². The SMILES string of the molecule is CC(=O)OC[C@H](C)[C@H](C)C=C[C@@H](C)[C@H]1CC[C@H]2[C@@H]3CC(=O)[C@@]4(O)C[C@@H](O)CC[C@]4(C)[C@H]3CC[C@]12C. The number of esters is 1. The van der Waals surface area contributed by atoms with Gasteiger partial charge in [0.25, 0.3) is 0 Å². The fourth-order valence-electron chi connectivity index (χ4n) is 9.00. The van der Waals surface area contributed by atoms with Crippen molar-refractivity contribution in [1.82, 2.24) is 0 Å². The van der Waals surface area contributed by atoms with Crippen LogP contribution in [0.15, 0.2) is 12.2 Å². The van der Waals surface area contributed by atoms with E-state index in [0.29, 0.717) is 55.0 Å². The molecule has 0 aliphatic heterocycles. The highest BCUT2D eigenvalue weighted by atomic mass is 16.5. The highest BCUT2D eigenvalue weighted by Crippen LogP contribution is 2.68. The Morgan fingerprint density at radius 2 is 1.80 bits per heavy atom. The monoisotopic (exact) mass is 488 g/mol. The zero-order valence-electron chi connectivity index (χ0n) is 22.8. The summed E-state index contributed by atoms with van der Waals surface area (Å²) in [5.74, 6) is 2.68. The van der Waals surface area contributed by atoms with E-state index in [1.165, 1.54) is 19.8 Å². The first-order chi connectivity index (χ1) is 16.3. The third-order valence-corrected chi connectivity index (χ3v) is 11.5. The van der Waals surface area contributed by atoms with Gasteiger partial charge in [-0.1, -0.05) is 46.8 Å². The van der Waals surface area contributed by atoms with E-state index in [1.54, 1.807) is 0 Å². The van der Waals surface area contributed by atoms with Crippen LogP contribution < -0.4 is 0 Å². The van der Waals surface area contributed by atoms with Crippen molar-refractivity contribution in [2.75, 3.05) is 6.61 Å². The first-order valence-electron chi connectivity index (χ1n) is 14.1. The molecule has 2 N–H and O–H groups in total. The number of carbonyl (C=O) groups excluding carboxylic acids is 2. The minimum atomic E-state index is -1.35.